The number of methoxy groups -OCH3 is 1. The Bertz CT molecular complexity index is 1080. The molecule has 0 spiro atoms. The van der Waals surface area contributed by atoms with Gasteiger partial charge in [-0.25, -0.2) is 0 Å². The van der Waals surface area contributed by atoms with Crippen molar-refractivity contribution in [2.24, 2.45) is 0 Å². The van der Waals surface area contributed by atoms with E-state index in [1.165, 1.54) is 7.11 Å². The lowest BCUT2D eigenvalue weighted by Crippen LogP contribution is -2.19. The molecule has 0 saturated carbocycles. The van der Waals surface area contributed by atoms with Crippen molar-refractivity contribution in [1.82, 2.24) is 19.6 Å². The van der Waals surface area contributed by atoms with Crippen LogP contribution in [-0.4, -0.2) is 37.5 Å². The van der Waals surface area contributed by atoms with E-state index in [4.69, 9.17) is 27.9 Å². The number of hydrogen-bond donors (Lipinski definition) is 1. The highest BCUT2D eigenvalue weighted by Crippen LogP contribution is 2.26. The third-order valence-electron chi connectivity index (χ3n) is 3.73. The molecule has 0 aliphatic rings. The highest BCUT2D eigenvalue weighted by Gasteiger charge is 2.21. The summed E-state index contributed by atoms with van der Waals surface area (Å²) in [5.74, 6) is -0.359. The smallest absolute Gasteiger partial charge is 0.350 e. The summed E-state index contributed by atoms with van der Waals surface area (Å²) in [5.41, 5.74) is 0.477. The van der Waals surface area contributed by atoms with Gasteiger partial charge in [-0.2, -0.15) is 5.10 Å². The van der Waals surface area contributed by atoms with Gasteiger partial charge < -0.3 is 10.1 Å². The van der Waals surface area contributed by atoms with E-state index in [1.54, 1.807) is 29.1 Å². The summed E-state index contributed by atoms with van der Waals surface area (Å²) < 4.78 is 8.10. The van der Waals surface area contributed by atoms with E-state index in [2.05, 4.69) is 31.4 Å². The van der Waals surface area contributed by atoms with Gasteiger partial charge in [-0.05, 0) is 33.6 Å². The van der Waals surface area contributed by atoms with Gasteiger partial charge in [0.2, 0.25) is 5.91 Å². The molecule has 0 saturated heterocycles. The van der Waals surface area contributed by atoms with Gasteiger partial charge in [0.25, 0.3) is 0 Å². The second-order valence-corrected chi connectivity index (χ2v) is 7.48. The molecule has 0 atom stereocenters. The minimum Gasteiger partial charge on any atom is -0.475 e. The minimum atomic E-state index is -0.639. The summed E-state index contributed by atoms with van der Waals surface area (Å²) in [7, 11) is 1.26. The maximum Gasteiger partial charge on any atom is 0.350 e. The molecule has 1 aromatic carbocycles. The number of anilines is 1. The van der Waals surface area contributed by atoms with Crippen LogP contribution in [0.4, 0.5) is 11.5 Å². The number of aromatic nitrogens is 4. The highest BCUT2D eigenvalue weighted by atomic mass is 79.9. The van der Waals surface area contributed by atoms with Crippen molar-refractivity contribution in [3.63, 3.8) is 0 Å². The third-order valence-corrected chi connectivity index (χ3v) is 4.89. The van der Waals surface area contributed by atoms with Crippen LogP contribution in [0.5, 0.6) is 5.88 Å². The lowest BCUT2D eigenvalue weighted by atomic mass is 10.2. The first-order chi connectivity index (χ1) is 13.8. The zero-order valence-corrected chi connectivity index (χ0v) is 17.9. The van der Waals surface area contributed by atoms with E-state index in [9.17, 15) is 14.9 Å². The molecular weight excluding hydrogens is 491 g/mol. The number of nitro groups is 1. The normalized spacial score (nSPS) is 10.8. The van der Waals surface area contributed by atoms with Gasteiger partial charge >= 0.3 is 11.6 Å². The quantitative estimate of drug-likeness (QED) is 0.387. The van der Waals surface area contributed by atoms with Crippen molar-refractivity contribution in [3.8, 4) is 5.88 Å². The number of nitrogens with zero attached hydrogens (tertiary/aromatic N) is 5. The van der Waals surface area contributed by atoms with Gasteiger partial charge in [-0.15, -0.1) is 5.10 Å². The average Bonchev–Trinajstić information content (AvgIpc) is 3.20. The number of hydrogen-bond acceptors (Lipinski definition) is 6. The van der Waals surface area contributed by atoms with Crippen LogP contribution in [0.2, 0.25) is 10.0 Å². The molecule has 1 N–H and O–H groups in total. The maximum atomic E-state index is 12.3. The molecule has 152 valence electrons. The van der Waals surface area contributed by atoms with Gasteiger partial charge in [0, 0.05) is 16.2 Å². The zero-order chi connectivity index (χ0) is 21.1. The highest BCUT2D eigenvalue weighted by molar-refractivity contribution is 9.10. The Balaban J connectivity index is 1.69. The largest absolute Gasteiger partial charge is 0.475 e. The Kier molecular flexibility index (Phi) is 6.40. The second-order valence-electron chi connectivity index (χ2n) is 5.79. The van der Waals surface area contributed by atoms with E-state index in [0.29, 0.717) is 21.1 Å². The first kappa shape index (κ1) is 21.1. The number of ether oxygens (including phenoxy) is 1. The van der Waals surface area contributed by atoms with Crippen molar-refractivity contribution in [2.75, 3.05) is 12.4 Å². The molecule has 0 radical (unpaired) electrons. The van der Waals surface area contributed by atoms with Crippen LogP contribution in [0.25, 0.3) is 0 Å². The lowest BCUT2D eigenvalue weighted by molar-refractivity contribution is -0.385. The van der Waals surface area contributed by atoms with Crippen LogP contribution >= 0.6 is 39.1 Å². The monoisotopic (exact) mass is 502 g/mol. The molecule has 1 amide bonds. The fourth-order valence-electron chi connectivity index (χ4n) is 2.45. The fourth-order valence-corrected chi connectivity index (χ4v) is 3.33. The van der Waals surface area contributed by atoms with Crippen molar-refractivity contribution < 1.29 is 14.5 Å². The lowest BCUT2D eigenvalue weighted by Gasteiger charge is -2.05. The molecule has 0 unspecified atom stereocenters. The Hall–Kier alpha value is -2.63. The fraction of sp³-hybridized carbons (Fsp3) is 0.188. The molecule has 3 rings (SSSR count). The van der Waals surface area contributed by atoms with Crippen molar-refractivity contribution in [2.45, 2.75) is 13.1 Å². The van der Waals surface area contributed by atoms with E-state index >= 15 is 0 Å². The Morgan fingerprint density at radius 3 is 2.69 bits per heavy atom. The molecule has 10 nitrogen and oxygen atoms in total. The third kappa shape index (κ3) is 5.05. The van der Waals surface area contributed by atoms with E-state index in [1.807, 2.05) is 0 Å². The number of carbonyl (C=O) groups is 1. The first-order valence-electron chi connectivity index (χ1n) is 7.99. The van der Waals surface area contributed by atoms with E-state index < -0.39 is 10.8 Å². The Morgan fingerprint density at radius 2 is 2.07 bits per heavy atom. The average molecular weight is 504 g/mol. The SMILES string of the molecule is COc1nn(CC(=O)Nc2nn(Cc3ccc(Cl)cc3Cl)cc2Br)cc1[N+](=O)[O-]. The van der Waals surface area contributed by atoms with Gasteiger partial charge in [-0.3, -0.25) is 24.3 Å². The van der Waals surface area contributed by atoms with Crippen LogP contribution in [0, 0.1) is 10.1 Å². The molecule has 0 aliphatic carbocycles. The Morgan fingerprint density at radius 1 is 1.31 bits per heavy atom. The predicted molar refractivity (Wildman–Crippen MR) is 110 cm³/mol. The molecule has 0 bridgehead atoms. The molecule has 2 aromatic heterocycles. The van der Waals surface area contributed by atoms with Gasteiger partial charge in [0.05, 0.1) is 23.1 Å². The van der Waals surface area contributed by atoms with Crippen LogP contribution in [0.1, 0.15) is 5.56 Å². The molecule has 29 heavy (non-hydrogen) atoms. The summed E-state index contributed by atoms with van der Waals surface area (Å²) >= 11 is 15.4. The van der Waals surface area contributed by atoms with Crippen molar-refractivity contribution >= 4 is 56.5 Å². The molecule has 2 heterocycles. The summed E-state index contributed by atoms with van der Waals surface area (Å²) in [6.45, 7) is 0.111. The molecular formula is C16H13BrCl2N6O4. The number of carbonyl (C=O) groups excluding carboxylic acids is 1. The molecule has 0 fully saturated rings. The number of rotatable bonds is 7. The molecule has 3 aromatic rings. The van der Waals surface area contributed by atoms with Crippen LogP contribution in [0.15, 0.2) is 35.1 Å². The topological polar surface area (TPSA) is 117 Å². The summed E-state index contributed by atoms with van der Waals surface area (Å²) in [5, 5.41) is 22.8. The predicted octanol–water partition coefficient (Wildman–Crippen LogP) is 3.75. The van der Waals surface area contributed by atoms with Crippen LogP contribution < -0.4 is 10.1 Å². The number of benzene rings is 1. The van der Waals surface area contributed by atoms with Gasteiger partial charge in [0.15, 0.2) is 5.82 Å². The first-order valence-corrected chi connectivity index (χ1v) is 9.54. The van der Waals surface area contributed by atoms with Crippen molar-refractivity contribution in [1.29, 1.82) is 0 Å². The van der Waals surface area contributed by atoms with Gasteiger partial charge in [-0.1, -0.05) is 29.3 Å². The summed E-state index contributed by atoms with van der Waals surface area (Å²) in [6.07, 6.45) is 2.80. The molecule has 0 aliphatic heterocycles. The molecule has 13 heteroatoms. The van der Waals surface area contributed by atoms with Crippen LogP contribution in [0.3, 0.4) is 0 Å². The number of nitrogens with one attached hydrogen (secondary N) is 1. The Labute approximate surface area is 182 Å². The minimum absolute atomic E-state index is 0.173. The van der Waals surface area contributed by atoms with Gasteiger partial charge in [0.1, 0.15) is 12.7 Å². The summed E-state index contributed by atoms with van der Waals surface area (Å²) in [4.78, 5) is 22.6. The maximum absolute atomic E-state index is 12.3. The van der Waals surface area contributed by atoms with Crippen molar-refractivity contribution in [3.05, 3.63) is 60.8 Å². The van der Waals surface area contributed by atoms with Crippen LogP contribution in [-0.2, 0) is 17.9 Å². The standard InChI is InChI=1S/C16H13BrCl2N6O4/c1-29-16-13(25(27)28)7-24(22-16)8-14(26)20-15-11(17)6-23(21-15)5-9-2-3-10(18)4-12(9)19/h2-4,6-7H,5,8H2,1H3,(H,20,21,26). The summed E-state index contributed by atoms with van der Waals surface area (Å²) in [6, 6.07) is 5.15. The number of halogens is 3. The zero-order valence-electron chi connectivity index (χ0n) is 14.8. The van der Waals surface area contributed by atoms with E-state index in [-0.39, 0.29) is 23.9 Å². The second kappa shape index (κ2) is 8.80. The van der Waals surface area contributed by atoms with E-state index in [0.717, 1.165) is 16.4 Å². The number of amides is 1.